The topological polar surface area (TPSA) is 69.6 Å². The first kappa shape index (κ1) is 13.8. The second kappa shape index (κ2) is 6.47. The number of hydrogen-bond acceptors (Lipinski definition) is 3. The number of carboxylic acids is 1. The molecule has 0 amide bonds. The van der Waals surface area contributed by atoms with Gasteiger partial charge in [0.25, 0.3) is 0 Å². The van der Waals surface area contributed by atoms with Gasteiger partial charge in [0.05, 0.1) is 16.8 Å². The molecule has 0 aliphatic rings. The summed E-state index contributed by atoms with van der Waals surface area (Å²) in [5, 5.41) is 21.6. The first-order valence-electron chi connectivity index (χ1n) is 5.50. The van der Waals surface area contributed by atoms with Gasteiger partial charge in [0, 0.05) is 6.54 Å². The van der Waals surface area contributed by atoms with Crippen molar-refractivity contribution in [3.05, 3.63) is 28.8 Å². The minimum atomic E-state index is -1.06. The first-order valence-corrected chi connectivity index (χ1v) is 5.87. The molecule has 0 aliphatic carbocycles. The highest BCUT2D eigenvalue weighted by molar-refractivity contribution is 6.34. The van der Waals surface area contributed by atoms with Crippen molar-refractivity contribution >= 4 is 23.3 Å². The van der Waals surface area contributed by atoms with Crippen LogP contribution in [0.4, 0.5) is 5.69 Å². The van der Waals surface area contributed by atoms with Crippen LogP contribution in [0, 0.1) is 0 Å². The second-order valence-corrected chi connectivity index (χ2v) is 4.15. The Morgan fingerprint density at radius 2 is 2.24 bits per heavy atom. The van der Waals surface area contributed by atoms with Crippen molar-refractivity contribution < 1.29 is 15.0 Å². The molecule has 17 heavy (non-hydrogen) atoms. The summed E-state index contributed by atoms with van der Waals surface area (Å²) in [6.45, 7) is 2.41. The van der Waals surface area contributed by atoms with E-state index >= 15 is 0 Å². The molecule has 4 nitrogen and oxygen atoms in total. The van der Waals surface area contributed by atoms with Gasteiger partial charge in [-0.3, -0.25) is 0 Å². The fraction of sp³-hybridized carbons (Fsp3) is 0.417. The third-order valence-electron chi connectivity index (χ3n) is 2.49. The lowest BCUT2D eigenvalue weighted by atomic mass is 10.1. The summed E-state index contributed by atoms with van der Waals surface area (Å²) >= 11 is 5.82. The van der Waals surface area contributed by atoms with E-state index in [1.807, 2.05) is 6.92 Å². The zero-order chi connectivity index (χ0) is 12.8. The van der Waals surface area contributed by atoms with Gasteiger partial charge in [0.1, 0.15) is 5.56 Å². The smallest absolute Gasteiger partial charge is 0.339 e. The minimum Gasteiger partial charge on any atom is -0.478 e. The van der Waals surface area contributed by atoms with Gasteiger partial charge >= 0.3 is 5.97 Å². The van der Waals surface area contributed by atoms with E-state index in [9.17, 15) is 9.90 Å². The molecular formula is C12H16ClNO3. The zero-order valence-electron chi connectivity index (χ0n) is 9.61. The number of carbonyl (C=O) groups is 1. The highest BCUT2D eigenvalue weighted by Crippen LogP contribution is 2.24. The number of carboxylic acid groups (broad SMARTS) is 1. The molecule has 1 atom stereocenters. The molecule has 0 radical (unpaired) electrons. The normalized spacial score (nSPS) is 12.2. The SMILES string of the molecule is CCC(O)CCNc1cccc(Cl)c1C(=O)O. The van der Waals surface area contributed by atoms with Gasteiger partial charge in [-0.05, 0) is 25.0 Å². The van der Waals surface area contributed by atoms with Crippen LogP contribution in [-0.2, 0) is 0 Å². The molecule has 1 aromatic rings. The van der Waals surface area contributed by atoms with Crippen molar-refractivity contribution in [3.8, 4) is 0 Å². The number of hydrogen-bond donors (Lipinski definition) is 3. The Labute approximate surface area is 105 Å². The van der Waals surface area contributed by atoms with E-state index in [1.54, 1.807) is 12.1 Å². The van der Waals surface area contributed by atoms with Crippen molar-refractivity contribution in [2.24, 2.45) is 0 Å². The number of nitrogens with one attached hydrogen (secondary N) is 1. The molecule has 0 fully saturated rings. The number of benzene rings is 1. The molecule has 0 saturated heterocycles. The number of halogens is 1. The van der Waals surface area contributed by atoms with Crippen LogP contribution >= 0.6 is 11.6 Å². The van der Waals surface area contributed by atoms with E-state index in [0.29, 0.717) is 25.1 Å². The third-order valence-corrected chi connectivity index (χ3v) is 2.81. The van der Waals surface area contributed by atoms with Gasteiger partial charge < -0.3 is 15.5 Å². The first-order chi connectivity index (χ1) is 8.06. The maximum Gasteiger partial charge on any atom is 0.339 e. The molecule has 1 rings (SSSR count). The molecule has 0 aliphatic heterocycles. The summed E-state index contributed by atoms with van der Waals surface area (Å²) in [7, 11) is 0. The molecule has 0 aromatic heterocycles. The Bertz CT molecular complexity index is 395. The van der Waals surface area contributed by atoms with Crippen LogP contribution in [0.25, 0.3) is 0 Å². The number of aliphatic hydroxyl groups excluding tert-OH is 1. The fourth-order valence-electron chi connectivity index (χ4n) is 1.47. The zero-order valence-corrected chi connectivity index (χ0v) is 10.4. The molecule has 0 spiro atoms. The van der Waals surface area contributed by atoms with Gasteiger partial charge in [-0.1, -0.05) is 24.6 Å². The number of anilines is 1. The molecule has 1 unspecified atom stereocenters. The molecule has 3 N–H and O–H groups in total. The van der Waals surface area contributed by atoms with Crippen LogP contribution in [-0.4, -0.2) is 28.8 Å². The fourth-order valence-corrected chi connectivity index (χ4v) is 1.72. The van der Waals surface area contributed by atoms with Gasteiger partial charge in [0.15, 0.2) is 0 Å². The molecule has 0 heterocycles. The van der Waals surface area contributed by atoms with Gasteiger partial charge in [-0.15, -0.1) is 0 Å². The number of aromatic carboxylic acids is 1. The van der Waals surface area contributed by atoms with E-state index < -0.39 is 5.97 Å². The highest BCUT2D eigenvalue weighted by Gasteiger charge is 2.13. The Morgan fingerprint density at radius 3 is 2.82 bits per heavy atom. The Hall–Kier alpha value is -1.26. The average molecular weight is 258 g/mol. The van der Waals surface area contributed by atoms with Crippen LogP contribution in [0.1, 0.15) is 30.1 Å². The van der Waals surface area contributed by atoms with Crippen molar-refractivity contribution in [2.45, 2.75) is 25.9 Å². The van der Waals surface area contributed by atoms with E-state index in [2.05, 4.69) is 5.32 Å². The molecule has 1 aromatic carbocycles. The molecular weight excluding hydrogens is 242 g/mol. The summed E-state index contributed by atoms with van der Waals surface area (Å²) in [6, 6.07) is 4.89. The van der Waals surface area contributed by atoms with E-state index in [4.69, 9.17) is 16.7 Å². The number of aliphatic hydroxyl groups is 1. The maximum absolute atomic E-state index is 11.0. The Balaban J connectivity index is 2.71. The Kier molecular flexibility index (Phi) is 5.25. The van der Waals surface area contributed by atoms with E-state index in [-0.39, 0.29) is 16.7 Å². The van der Waals surface area contributed by atoms with E-state index in [0.717, 1.165) is 0 Å². The van der Waals surface area contributed by atoms with Gasteiger partial charge in [-0.2, -0.15) is 0 Å². The van der Waals surface area contributed by atoms with Crippen LogP contribution in [0.3, 0.4) is 0 Å². The summed E-state index contributed by atoms with van der Waals surface area (Å²) in [6.07, 6.45) is 0.889. The second-order valence-electron chi connectivity index (χ2n) is 3.75. The van der Waals surface area contributed by atoms with Crippen LogP contribution in [0.15, 0.2) is 18.2 Å². The van der Waals surface area contributed by atoms with Gasteiger partial charge in [0.2, 0.25) is 0 Å². The molecule has 94 valence electrons. The summed E-state index contributed by atoms with van der Waals surface area (Å²) < 4.78 is 0. The minimum absolute atomic E-state index is 0.0696. The lowest BCUT2D eigenvalue weighted by Crippen LogP contribution is -2.14. The monoisotopic (exact) mass is 257 g/mol. The van der Waals surface area contributed by atoms with Crippen LogP contribution in [0.2, 0.25) is 5.02 Å². The summed E-state index contributed by atoms with van der Waals surface area (Å²) in [5.41, 5.74) is 0.549. The largest absolute Gasteiger partial charge is 0.478 e. The summed E-state index contributed by atoms with van der Waals surface area (Å²) in [4.78, 5) is 11.0. The predicted molar refractivity (Wildman–Crippen MR) is 67.8 cm³/mol. The van der Waals surface area contributed by atoms with Crippen LogP contribution < -0.4 is 5.32 Å². The van der Waals surface area contributed by atoms with Crippen molar-refractivity contribution in [1.29, 1.82) is 0 Å². The maximum atomic E-state index is 11.0. The van der Waals surface area contributed by atoms with Crippen molar-refractivity contribution in [3.63, 3.8) is 0 Å². The number of rotatable bonds is 6. The quantitative estimate of drug-likeness (QED) is 0.733. The average Bonchev–Trinajstić information content (AvgIpc) is 2.28. The molecule has 0 bridgehead atoms. The van der Waals surface area contributed by atoms with Gasteiger partial charge in [-0.25, -0.2) is 4.79 Å². The van der Waals surface area contributed by atoms with Crippen LogP contribution in [0.5, 0.6) is 0 Å². The third kappa shape index (κ3) is 3.91. The lowest BCUT2D eigenvalue weighted by molar-refractivity contribution is 0.0698. The Morgan fingerprint density at radius 1 is 1.53 bits per heavy atom. The lowest BCUT2D eigenvalue weighted by Gasteiger charge is -2.12. The highest BCUT2D eigenvalue weighted by atomic mass is 35.5. The predicted octanol–water partition coefficient (Wildman–Crippen LogP) is 2.61. The van der Waals surface area contributed by atoms with Crippen molar-refractivity contribution in [2.75, 3.05) is 11.9 Å². The van der Waals surface area contributed by atoms with E-state index in [1.165, 1.54) is 6.07 Å². The standard InChI is InChI=1S/C12H16ClNO3/c1-2-8(15)6-7-14-10-5-3-4-9(13)11(10)12(16)17/h3-5,8,14-15H,2,6-7H2,1H3,(H,16,17). The van der Waals surface area contributed by atoms with Crippen molar-refractivity contribution in [1.82, 2.24) is 0 Å². The molecule has 5 heteroatoms. The molecule has 0 saturated carbocycles. The summed E-state index contributed by atoms with van der Waals surface area (Å²) in [5.74, 6) is -1.06.